The second-order valence-corrected chi connectivity index (χ2v) is 4.91. The van der Waals surface area contributed by atoms with Crippen LogP contribution in [-0.2, 0) is 12.7 Å². The first kappa shape index (κ1) is 15.6. The first-order valence-electron chi connectivity index (χ1n) is 6.34. The number of rotatable bonds is 3. The van der Waals surface area contributed by atoms with Crippen molar-refractivity contribution in [1.82, 2.24) is 10.2 Å². The Morgan fingerprint density at radius 1 is 1.43 bits per heavy atom. The maximum atomic E-state index is 13.1. The van der Waals surface area contributed by atoms with Gasteiger partial charge in [0, 0.05) is 25.7 Å². The van der Waals surface area contributed by atoms with Gasteiger partial charge in [0.05, 0.1) is 5.56 Å². The number of alkyl halides is 3. The number of nitrogens with one attached hydrogen (secondary N) is 1. The second kappa shape index (κ2) is 5.88. The van der Waals surface area contributed by atoms with Crippen LogP contribution >= 0.6 is 0 Å². The summed E-state index contributed by atoms with van der Waals surface area (Å²) in [6, 6.07) is 2.73. The number of nitrogens with zero attached hydrogens (tertiary/aromatic N) is 1. The van der Waals surface area contributed by atoms with Gasteiger partial charge in [-0.25, -0.2) is 9.18 Å². The van der Waals surface area contributed by atoms with E-state index in [4.69, 9.17) is 5.11 Å². The van der Waals surface area contributed by atoms with Gasteiger partial charge in [-0.2, -0.15) is 13.2 Å². The van der Waals surface area contributed by atoms with E-state index in [1.165, 1.54) is 11.0 Å². The summed E-state index contributed by atoms with van der Waals surface area (Å²) >= 11 is 0. The number of carboxylic acid groups (broad SMARTS) is 1. The minimum atomic E-state index is -4.73. The molecule has 1 heterocycles. The lowest BCUT2D eigenvalue weighted by atomic mass is 10.1. The van der Waals surface area contributed by atoms with E-state index in [1.807, 2.05) is 0 Å². The molecule has 0 aliphatic carbocycles. The fourth-order valence-corrected chi connectivity index (χ4v) is 2.26. The molecule has 2 N–H and O–H groups in total. The zero-order valence-electron chi connectivity index (χ0n) is 11.0. The maximum Gasteiger partial charge on any atom is 0.419 e. The number of benzene rings is 1. The SMILES string of the molecule is O=C(O)N1CC[C@@H](NCc2ccc(F)c(C(F)(F)F)c2)C1. The number of amides is 1. The molecule has 1 aliphatic heterocycles. The van der Waals surface area contributed by atoms with Gasteiger partial charge in [0.2, 0.25) is 0 Å². The van der Waals surface area contributed by atoms with E-state index in [1.54, 1.807) is 0 Å². The summed E-state index contributed by atoms with van der Waals surface area (Å²) in [4.78, 5) is 12.0. The topological polar surface area (TPSA) is 52.6 Å². The van der Waals surface area contributed by atoms with E-state index in [0.29, 0.717) is 25.1 Å². The summed E-state index contributed by atoms with van der Waals surface area (Å²) in [5, 5.41) is 11.8. The lowest BCUT2D eigenvalue weighted by Gasteiger charge is -2.15. The van der Waals surface area contributed by atoms with E-state index in [2.05, 4.69) is 5.32 Å². The maximum absolute atomic E-state index is 13.1. The molecular weight excluding hydrogens is 292 g/mol. The highest BCUT2D eigenvalue weighted by molar-refractivity contribution is 5.65. The molecule has 4 nitrogen and oxygen atoms in total. The van der Waals surface area contributed by atoms with E-state index in [-0.39, 0.29) is 12.6 Å². The summed E-state index contributed by atoms with van der Waals surface area (Å²) in [6.07, 6.45) is -5.15. The third kappa shape index (κ3) is 3.84. The summed E-state index contributed by atoms with van der Waals surface area (Å²) in [7, 11) is 0. The Balaban J connectivity index is 1.97. The summed E-state index contributed by atoms with van der Waals surface area (Å²) < 4.78 is 50.9. The number of hydrogen-bond acceptors (Lipinski definition) is 2. The lowest BCUT2D eigenvalue weighted by Crippen LogP contribution is -2.34. The molecule has 2 rings (SSSR count). The normalized spacial score (nSPS) is 19.0. The molecule has 1 amide bonds. The molecule has 0 spiro atoms. The van der Waals surface area contributed by atoms with Gasteiger partial charge in [0.1, 0.15) is 5.82 Å². The van der Waals surface area contributed by atoms with Crippen molar-refractivity contribution in [1.29, 1.82) is 0 Å². The van der Waals surface area contributed by atoms with Crippen molar-refractivity contribution in [2.75, 3.05) is 13.1 Å². The molecule has 0 saturated carbocycles. The largest absolute Gasteiger partial charge is 0.465 e. The van der Waals surface area contributed by atoms with Crippen LogP contribution in [0.1, 0.15) is 17.5 Å². The van der Waals surface area contributed by atoms with Crippen LogP contribution < -0.4 is 5.32 Å². The molecule has 0 unspecified atom stereocenters. The van der Waals surface area contributed by atoms with Crippen LogP contribution in [0.2, 0.25) is 0 Å². The van der Waals surface area contributed by atoms with Crippen molar-refractivity contribution in [3.8, 4) is 0 Å². The van der Waals surface area contributed by atoms with Gasteiger partial charge in [-0.05, 0) is 24.1 Å². The smallest absolute Gasteiger partial charge is 0.419 e. The molecule has 0 radical (unpaired) electrons. The Morgan fingerprint density at radius 2 is 2.14 bits per heavy atom. The van der Waals surface area contributed by atoms with Crippen molar-refractivity contribution in [2.45, 2.75) is 25.2 Å². The van der Waals surface area contributed by atoms with Crippen LogP contribution in [-0.4, -0.2) is 35.2 Å². The Kier molecular flexibility index (Phi) is 4.36. The molecule has 1 aliphatic rings. The molecule has 116 valence electrons. The fraction of sp³-hybridized carbons (Fsp3) is 0.462. The van der Waals surface area contributed by atoms with E-state index in [0.717, 1.165) is 12.1 Å². The molecule has 1 aromatic carbocycles. The summed E-state index contributed by atoms with van der Waals surface area (Å²) in [5.41, 5.74) is -0.988. The second-order valence-electron chi connectivity index (χ2n) is 4.91. The van der Waals surface area contributed by atoms with Gasteiger partial charge < -0.3 is 15.3 Å². The average Bonchev–Trinajstić information content (AvgIpc) is 2.85. The Hall–Kier alpha value is -1.83. The monoisotopic (exact) mass is 306 g/mol. The van der Waals surface area contributed by atoms with Crippen LogP contribution in [0.4, 0.5) is 22.4 Å². The Bertz CT molecular complexity index is 533. The highest BCUT2D eigenvalue weighted by Gasteiger charge is 2.34. The van der Waals surface area contributed by atoms with Gasteiger partial charge in [0.15, 0.2) is 0 Å². The first-order valence-corrected chi connectivity index (χ1v) is 6.34. The molecule has 1 atom stereocenters. The highest BCUT2D eigenvalue weighted by atomic mass is 19.4. The Labute approximate surface area is 118 Å². The van der Waals surface area contributed by atoms with E-state index >= 15 is 0 Å². The molecule has 0 bridgehead atoms. The van der Waals surface area contributed by atoms with Crippen LogP contribution in [0.5, 0.6) is 0 Å². The molecule has 0 aromatic heterocycles. The van der Waals surface area contributed by atoms with Gasteiger partial charge in [0.25, 0.3) is 0 Å². The highest BCUT2D eigenvalue weighted by Crippen LogP contribution is 2.31. The van der Waals surface area contributed by atoms with Crippen LogP contribution in [0.15, 0.2) is 18.2 Å². The molecular formula is C13H14F4N2O2. The first-order chi connectivity index (χ1) is 9.77. The van der Waals surface area contributed by atoms with Crippen LogP contribution in [0.25, 0.3) is 0 Å². The van der Waals surface area contributed by atoms with Gasteiger partial charge >= 0.3 is 12.3 Å². The minimum Gasteiger partial charge on any atom is -0.465 e. The van der Waals surface area contributed by atoms with Crippen molar-refractivity contribution in [2.24, 2.45) is 0 Å². The number of halogens is 4. The summed E-state index contributed by atoms with van der Waals surface area (Å²) in [6.45, 7) is 0.814. The third-order valence-corrected chi connectivity index (χ3v) is 3.39. The predicted octanol–water partition coefficient (Wildman–Crippen LogP) is 2.69. The zero-order valence-corrected chi connectivity index (χ0v) is 11.0. The van der Waals surface area contributed by atoms with Gasteiger partial charge in [-0.3, -0.25) is 0 Å². The zero-order chi connectivity index (χ0) is 15.6. The van der Waals surface area contributed by atoms with Gasteiger partial charge in [-0.1, -0.05) is 6.07 Å². The third-order valence-electron chi connectivity index (χ3n) is 3.39. The number of carbonyl (C=O) groups is 1. The quantitative estimate of drug-likeness (QED) is 0.844. The fourth-order valence-electron chi connectivity index (χ4n) is 2.26. The summed E-state index contributed by atoms with van der Waals surface area (Å²) in [5.74, 6) is -1.30. The molecule has 1 saturated heterocycles. The molecule has 8 heteroatoms. The lowest BCUT2D eigenvalue weighted by molar-refractivity contribution is -0.140. The van der Waals surface area contributed by atoms with Crippen molar-refractivity contribution >= 4 is 6.09 Å². The van der Waals surface area contributed by atoms with Crippen molar-refractivity contribution in [3.63, 3.8) is 0 Å². The van der Waals surface area contributed by atoms with Crippen LogP contribution in [0, 0.1) is 5.82 Å². The average molecular weight is 306 g/mol. The molecule has 1 aromatic rings. The predicted molar refractivity (Wildman–Crippen MR) is 66.2 cm³/mol. The minimum absolute atomic E-state index is 0.111. The van der Waals surface area contributed by atoms with Crippen molar-refractivity contribution < 1.29 is 27.5 Å². The Morgan fingerprint density at radius 3 is 2.71 bits per heavy atom. The molecule has 21 heavy (non-hydrogen) atoms. The number of likely N-dealkylation sites (tertiary alicyclic amines) is 1. The van der Waals surface area contributed by atoms with E-state index in [9.17, 15) is 22.4 Å². The van der Waals surface area contributed by atoms with Gasteiger partial charge in [-0.15, -0.1) is 0 Å². The standard InChI is InChI=1S/C13H14F4N2O2/c14-11-2-1-8(5-10(11)13(15,16)17)6-18-9-3-4-19(7-9)12(20)21/h1-2,5,9,18H,3-4,6-7H2,(H,20,21)/t9-/m1/s1. The van der Waals surface area contributed by atoms with Crippen molar-refractivity contribution in [3.05, 3.63) is 35.1 Å². The van der Waals surface area contributed by atoms with E-state index < -0.39 is 23.7 Å². The van der Waals surface area contributed by atoms with Crippen LogP contribution in [0.3, 0.4) is 0 Å². The number of hydrogen-bond donors (Lipinski definition) is 2. The molecule has 1 fully saturated rings.